The van der Waals surface area contributed by atoms with E-state index < -0.39 is 0 Å². The van der Waals surface area contributed by atoms with Gasteiger partial charge in [-0.05, 0) is 42.5 Å². The molecule has 5 heteroatoms. The van der Waals surface area contributed by atoms with Gasteiger partial charge in [0.1, 0.15) is 0 Å². The van der Waals surface area contributed by atoms with Crippen molar-refractivity contribution in [2.75, 3.05) is 16.8 Å². The van der Waals surface area contributed by atoms with Crippen LogP contribution in [-0.2, 0) is 12.8 Å². The summed E-state index contributed by atoms with van der Waals surface area (Å²) in [6.45, 7) is 5.15. The van der Waals surface area contributed by atoms with E-state index >= 15 is 0 Å². The molecule has 0 radical (unpaired) electrons. The Hall–Kier alpha value is -2.95. The van der Waals surface area contributed by atoms with E-state index in [2.05, 4.69) is 70.7 Å². The molecule has 2 aromatic carbocycles. The molecule has 0 saturated heterocycles. The topological polar surface area (TPSA) is 53.9 Å². The van der Waals surface area contributed by atoms with E-state index in [0.717, 1.165) is 30.9 Å². The molecule has 1 aliphatic heterocycles. The van der Waals surface area contributed by atoms with Crippen molar-refractivity contribution >= 4 is 23.1 Å². The Morgan fingerprint density at radius 2 is 2.00 bits per heavy atom. The van der Waals surface area contributed by atoms with E-state index in [1.165, 1.54) is 22.4 Å². The number of para-hydroxylation sites is 2. The fraction of sp³-hybridized carbons (Fsp3) is 0.250. The first-order valence-electron chi connectivity index (χ1n) is 8.67. The van der Waals surface area contributed by atoms with E-state index in [1.807, 2.05) is 6.07 Å². The van der Waals surface area contributed by atoms with Crippen molar-refractivity contribution in [3.05, 3.63) is 65.4 Å². The molecule has 5 nitrogen and oxygen atoms in total. The predicted octanol–water partition coefficient (Wildman–Crippen LogP) is 4.18. The van der Waals surface area contributed by atoms with Gasteiger partial charge in [-0.2, -0.15) is 10.1 Å². The molecular formula is C20H21N5. The van der Waals surface area contributed by atoms with Crippen LogP contribution in [0.4, 0.5) is 23.1 Å². The van der Waals surface area contributed by atoms with Gasteiger partial charge < -0.3 is 10.2 Å². The van der Waals surface area contributed by atoms with Crippen molar-refractivity contribution in [3.63, 3.8) is 0 Å². The number of aromatic nitrogens is 3. The normalized spacial score (nSPS) is 13.0. The fourth-order valence-corrected chi connectivity index (χ4v) is 3.34. The molecule has 4 rings (SSSR count). The van der Waals surface area contributed by atoms with Crippen LogP contribution in [0.5, 0.6) is 0 Å². The highest BCUT2D eigenvalue weighted by atomic mass is 15.3. The molecule has 2 heterocycles. The third-order valence-corrected chi connectivity index (χ3v) is 4.67. The second kappa shape index (κ2) is 6.51. The Balaban J connectivity index is 1.66. The molecule has 0 atom stereocenters. The summed E-state index contributed by atoms with van der Waals surface area (Å²) in [5, 5.41) is 11.9. The summed E-state index contributed by atoms with van der Waals surface area (Å²) in [5.41, 5.74) is 6.08. The van der Waals surface area contributed by atoms with Crippen LogP contribution in [0, 0.1) is 6.92 Å². The number of aryl methyl sites for hydroxylation is 2. The van der Waals surface area contributed by atoms with Crippen molar-refractivity contribution < 1.29 is 0 Å². The van der Waals surface area contributed by atoms with Crippen LogP contribution < -0.4 is 10.2 Å². The molecule has 0 bridgehead atoms. The van der Waals surface area contributed by atoms with Crippen LogP contribution in [0.25, 0.3) is 0 Å². The van der Waals surface area contributed by atoms with Crippen molar-refractivity contribution in [1.29, 1.82) is 0 Å². The number of hydrogen-bond donors (Lipinski definition) is 1. The molecule has 0 unspecified atom stereocenters. The van der Waals surface area contributed by atoms with Crippen molar-refractivity contribution in [1.82, 2.24) is 15.2 Å². The van der Waals surface area contributed by atoms with Crippen LogP contribution in [-0.4, -0.2) is 21.7 Å². The maximum atomic E-state index is 4.71. The monoisotopic (exact) mass is 331 g/mol. The zero-order valence-electron chi connectivity index (χ0n) is 14.5. The standard InChI is InChI=1S/C20H21N5/c1-3-15-9-6-7-14(2)19(15)22-18-13-21-24-20(23-18)25-12-11-16-8-4-5-10-17(16)25/h4-10,13H,3,11-12H2,1-2H3,(H,22,23,24). The van der Waals surface area contributed by atoms with Crippen molar-refractivity contribution in [3.8, 4) is 0 Å². The molecule has 0 fully saturated rings. The van der Waals surface area contributed by atoms with Gasteiger partial charge >= 0.3 is 0 Å². The lowest BCUT2D eigenvalue weighted by Crippen LogP contribution is -2.17. The van der Waals surface area contributed by atoms with Gasteiger partial charge in [-0.1, -0.05) is 43.3 Å². The first kappa shape index (κ1) is 15.6. The van der Waals surface area contributed by atoms with Gasteiger partial charge in [-0.25, -0.2) is 0 Å². The molecule has 1 aliphatic rings. The maximum absolute atomic E-state index is 4.71. The number of fused-ring (bicyclic) bond motifs is 1. The molecule has 25 heavy (non-hydrogen) atoms. The summed E-state index contributed by atoms with van der Waals surface area (Å²) in [7, 11) is 0. The van der Waals surface area contributed by atoms with Crippen LogP contribution in [0.3, 0.4) is 0 Å². The smallest absolute Gasteiger partial charge is 0.251 e. The first-order chi connectivity index (χ1) is 12.3. The molecule has 0 aliphatic carbocycles. The summed E-state index contributed by atoms with van der Waals surface area (Å²) < 4.78 is 0. The molecule has 126 valence electrons. The zero-order chi connectivity index (χ0) is 17.2. The summed E-state index contributed by atoms with van der Waals surface area (Å²) in [4.78, 5) is 6.84. The summed E-state index contributed by atoms with van der Waals surface area (Å²) >= 11 is 0. The summed E-state index contributed by atoms with van der Waals surface area (Å²) in [6.07, 6.45) is 3.65. The first-order valence-corrected chi connectivity index (χ1v) is 8.67. The van der Waals surface area contributed by atoms with E-state index in [9.17, 15) is 0 Å². The second-order valence-electron chi connectivity index (χ2n) is 6.26. The van der Waals surface area contributed by atoms with Gasteiger partial charge in [0.15, 0.2) is 5.82 Å². The molecular weight excluding hydrogens is 310 g/mol. The Morgan fingerprint density at radius 3 is 2.88 bits per heavy atom. The molecule has 0 spiro atoms. The van der Waals surface area contributed by atoms with Gasteiger partial charge in [0, 0.05) is 17.9 Å². The molecule has 0 amide bonds. The van der Waals surface area contributed by atoms with E-state index in [-0.39, 0.29) is 0 Å². The largest absolute Gasteiger partial charge is 0.338 e. The number of benzene rings is 2. The lowest BCUT2D eigenvalue weighted by molar-refractivity contribution is 0.886. The minimum Gasteiger partial charge on any atom is -0.338 e. The number of hydrogen-bond acceptors (Lipinski definition) is 5. The minimum absolute atomic E-state index is 0.640. The predicted molar refractivity (Wildman–Crippen MR) is 101 cm³/mol. The SMILES string of the molecule is CCc1cccc(C)c1Nc1cnnc(N2CCc3ccccc32)n1. The Kier molecular flexibility index (Phi) is 4.06. The summed E-state index contributed by atoms with van der Waals surface area (Å²) in [6, 6.07) is 14.7. The number of anilines is 4. The highest BCUT2D eigenvalue weighted by molar-refractivity contribution is 5.68. The third kappa shape index (κ3) is 2.93. The molecule has 0 saturated carbocycles. The minimum atomic E-state index is 0.640. The van der Waals surface area contributed by atoms with E-state index in [1.54, 1.807) is 6.20 Å². The van der Waals surface area contributed by atoms with E-state index in [4.69, 9.17) is 4.98 Å². The number of rotatable bonds is 4. The van der Waals surface area contributed by atoms with Crippen LogP contribution in [0.2, 0.25) is 0 Å². The van der Waals surface area contributed by atoms with Crippen molar-refractivity contribution in [2.45, 2.75) is 26.7 Å². The Bertz CT molecular complexity index is 906. The fourth-order valence-electron chi connectivity index (χ4n) is 3.34. The Labute approximate surface area is 147 Å². The lowest BCUT2D eigenvalue weighted by atomic mass is 10.1. The average molecular weight is 331 g/mol. The molecule has 3 aromatic rings. The third-order valence-electron chi connectivity index (χ3n) is 4.67. The highest BCUT2D eigenvalue weighted by Crippen LogP contribution is 2.32. The van der Waals surface area contributed by atoms with Gasteiger partial charge in [-0.3, -0.25) is 0 Å². The summed E-state index contributed by atoms with van der Waals surface area (Å²) in [5.74, 6) is 1.36. The second-order valence-corrected chi connectivity index (χ2v) is 6.26. The van der Waals surface area contributed by atoms with Crippen molar-refractivity contribution in [2.24, 2.45) is 0 Å². The van der Waals surface area contributed by atoms with Gasteiger partial charge in [-0.15, -0.1) is 5.10 Å². The number of nitrogens with one attached hydrogen (secondary N) is 1. The number of nitrogens with zero attached hydrogens (tertiary/aromatic N) is 4. The maximum Gasteiger partial charge on any atom is 0.251 e. The molecule has 1 aromatic heterocycles. The molecule has 1 N–H and O–H groups in total. The highest BCUT2D eigenvalue weighted by Gasteiger charge is 2.22. The van der Waals surface area contributed by atoms with Crippen LogP contribution in [0.15, 0.2) is 48.7 Å². The van der Waals surface area contributed by atoms with Crippen LogP contribution in [0.1, 0.15) is 23.6 Å². The lowest BCUT2D eigenvalue weighted by Gasteiger charge is -2.18. The average Bonchev–Trinajstić information content (AvgIpc) is 3.08. The Morgan fingerprint density at radius 1 is 1.12 bits per heavy atom. The van der Waals surface area contributed by atoms with Gasteiger partial charge in [0.2, 0.25) is 0 Å². The quantitative estimate of drug-likeness (QED) is 0.777. The zero-order valence-corrected chi connectivity index (χ0v) is 14.5. The van der Waals surface area contributed by atoms with E-state index in [0.29, 0.717) is 5.95 Å². The van der Waals surface area contributed by atoms with Crippen LogP contribution >= 0.6 is 0 Å². The van der Waals surface area contributed by atoms with Gasteiger partial charge in [0.25, 0.3) is 5.95 Å². The van der Waals surface area contributed by atoms with Gasteiger partial charge in [0.05, 0.1) is 6.20 Å².